The zero-order valence-corrected chi connectivity index (χ0v) is 7.97. The van der Waals surface area contributed by atoms with Crippen molar-refractivity contribution in [3.05, 3.63) is 36.2 Å². The molecule has 0 saturated heterocycles. The molecule has 0 fully saturated rings. The number of methoxy groups -OCH3 is 1. The van der Waals surface area contributed by atoms with Crippen LogP contribution in [-0.4, -0.2) is 12.4 Å². The van der Waals surface area contributed by atoms with Crippen LogP contribution in [0, 0.1) is 6.42 Å². The van der Waals surface area contributed by atoms with Crippen molar-refractivity contribution in [3.63, 3.8) is 0 Å². The van der Waals surface area contributed by atoms with Crippen LogP contribution in [0.4, 0.5) is 0 Å². The van der Waals surface area contributed by atoms with E-state index in [0.29, 0.717) is 0 Å². The van der Waals surface area contributed by atoms with E-state index in [4.69, 9.17) is 4.74 Å². The second kappa shape index (κ2) is 4.39. The second-order valence-corrected chi connectivity index (χ2v) is 2.78. The Morgan fingerprint density at radius 1 is 1.55 bits per heavy atom. The summed E-state index contributed by atoms with van der Waals surface area (Å²) in [5.74, 6) is 0.903. The molecule has 1 radical (unpaired) electrons. The van der Waals surface area contributed by atoms with Crippen molar-refractivity contribution in [2.24, 2.45) is 0 Å². The van der Waals surface area contributed by atoms with Gasteiger partial charge in [0.1, 0.15) is 5.75 Å². The number of ether oxygens (including phenoxy) is 1. The third-order valence-electron chi connectivity index (χ3n) is 1.41. The molecule has 0 N–H and O–H groups in total. The molecular weight excluding hydrogens is 204 g/mol. The summed E-state index contributed by atoms with van der Waals surface area (Å²) >= 11 is 3.34. The fraction of sp³-hybridized carbons (Fsp3) is 0.222. The molecule has 0 unspecified atom stereocenters. The average Bonchev–Trinajstić information content (AvgIpc) is 2.06. The molecule has 0 heterocycles. The highest BCUT2D eigenvalue weighted by Crippen LogP contribution is 2.14. The van der Waals surface area contributed by atoms with Gasteiger partial charge in [0.25, 0.3) is 0 Å². The molecule has 0 aliphatic carbocycles. The van der Waals surface area contributed by atoms with E-state index in [2.05, 4.69) is 22.4 Å². The molecule has 0 saturated carbocycles. The van der Waals surface area contributed by atoms with Gasteiger partial charge < -0.3 is 4.74 Å². The standard InChI is InChI=1S/C9H10BrO/c1-11-9-4-2-3-8(7-9)5-6-10/h2-5,7H,6H2,1H3. The Bertz CT molecular complexity index is 223. The molecule has 0 spiro atoms. The molecular formula is C9H10BrO. The Labute approximate surface area is 75.5 Å². The molecule has 59 valence electrons. The van der Waals surface area contributed by atoms with E-state index in [1.165, 1.54) is 5.56 Å². The zero-order chi connectivity index (χ0) is 8.10. The van der Waals surface area contributed by atoms with Gasteiger partial charge in [-0.15, -0.1) is 0 Å². The van der Waals surface area contributed by atoms with E-state index < -0.39 is 0 Å². The second-order valence-electron chi connectivity index (χ2n) is 2.14. The predicted octanol–water partition coefficient (Wildman–Crippen LogP) is 2.64. The van der Waals surface area contributed by atoms with E-state index in [9.17, 15) is 0 Å². The summed E-state index contributed by atoms with van der Waals surface area (Å²) in [7, 11) is 1.67. The number of hydrogen-bond acceptors (Lipinski definition) is 1. The maximum Gasteiger partial charge on any atom is 0.119 e. The van der Waals surface area contributed by atoms with E-state index in [-0.39, 0.29) is 0 Å². The minimum absolute atomic E-state index is 0.875. The molecule has 1 aromatic carbocycles. The smallest absolute Gasteiger partial charge is 0.119 e. The van der Waals surface area contributed by atoms with Gasteiger partial charge in [0.2, 0.25) is 0 Å². The maximum atomic E-state index is 5.07. The van der Waals surface area contributed by atoms with Gasteiger partial charge >= 0.3 is 0 Å². The van der Waals surface area contributed by atoms with Crippen LogP contribution in [0.2, 0.25) is 0 Å². The van der Waals surface area contributed by atoms with Gasteiger partial charge in [-0.3, -0.25) is 0 Å². The quantitative estimate of drug-likeness (QED) is 0.702. The monoisotopic (exact) mass is 213 g/mol. The average molecular weight is 214 g/mol. The third kappa shape index (κ3) is 2.54. The Morgan fingerprint density at radius 2 is 2.36 bits per heavy atom. The van der Waals surface area contributed by atoms with Gasteiger partial charge in [0.05, 0.1) is 7.11 Å². The van der Waals surface area contributed by atoms with Crippen LogP contribution < -0.4 is 4.74 Å². The Hall–Kier alpha value is -0.500. The first kappa shape index (κ1) is 8.60. The molecule has 11 heavy (non-hydrogen) atoms. The fourth-order valence-corrected chi connectivity index (χ4v) is 1.23. The van der Waals surface area contributed by atoms with E-state index in [1.54, 1.807) is 7.11 Å². The van der Waals surface area contributed by atoms with E-state index >= 15 is 0 Å². The number of alkyl halides is 1. The Balaban J connectivity index is 2.74. The minimum Gasteiger partial charge on any atom is -0.497 e. The van der Waals surface area contributed by atoms with Gasteiger partial charge in [-0.1, -0.05) is 28.1 Å². The summed E-state index contributed by atoms with van der Waals surface area (Å²) in [4.78, 5) is 0. The molecule has 1 rings (SSSR count). The predicted molar refractivity (Wildman–Crippen MR) is 50.2 cm³/mol. The van der Waals surface area contributed by atoms with Crippen molar-refractivity contribution in [1.29, 1.82) is 0 Å². The lowest BCUT2D eigenvalue weighted by Crippen LogP contribution is -1.85. The fourth-order valence-electron chi connectivity index (χ4n) is 0.858. The van der Waals surface area contributed by atoms with Crippen molar-refractivity contribution in [2.45, 2.75) is 0 Å². The number of halogens is 1. The maximum absolute atomic E-state index is 5.07. The molecule has 0 atom stereocenters. The lowest BCUT2D eigenvalue weighted by atomic mass is 10.2. The van der Waals surface area contributed by atoms with Crippen LogP contribution in [0.1, 0.15) is 5.56 Å². The summed E-state index contributed by atoms with van der Waals surface area (Å²) in [6, 6.07) is 7.96. The zero-order valence-electron chi connectivity index (χ0n) is 6.38. The normalized spacial score (nSPS) is 9.64. The van der Waals surface area contributed by atoms with Crippen molar-refractivity contribution < 1.29 is 4.74 Å². The molecule has 0 amide bonds. The summed E-state index contributed by atoms with van der Waals surface area (Å²) in [6.45, 7) is 0. The Morgan fingerprint density at radius 3 is 3.00 bits per heavy atom. The van der Waals surface area contributed by atoms with Crippen LogP contribution in [0.3, 0.4) is 0 Å². The molecule has 0 aromatic heterocycles. The van der Waals surface area contributed by atoms with Crippen LogP contribution >= 0.6 is 15.9 Å². The van der Waals surface area contributed by atoms with E-state index in [0.717, 1.165) is 11.1 Å². The highest BCUT2D eigenvalue weighted by Gasteiger charge is 1.93. The summed E-state index contributed by atoms with van der Waals surface area (Å²) < 4.78 is 5.07. The largest absolute Gasteiger partial charge is 0.497 e. The molecule has 2 heteroatoms. The van der Waals surface area contributed by atoms with Crippen LogP contribution in [0.15, 0.2) is 24.3 Å². The summed E-state index contributed by atoms with van der Waals surface area (Å²) in [6.07, 6.45) is 2.09. The van der Waals surface area contributed by atoms with Gasteiger partial charge in [-0.2, -0.15) is 0 Å². The number of hydrogen-bond donors (Lipinski definition) is 0. The summed E-state index contributed by atoms with van der Waals surface area (Å²) in [5, 5.41) is 0.875. The third-order valence-corrected chi connectivity index (χ3v) is 1.73. The van der Waals surface area contributed by atoms with Gasteiger partial charge in [0.15, 0.2) is 0 Å². The lowest BCUT2D eigenvalue weighted by Gasteiger charge is -2.01. The molecule has 0 bridgehead atoms. The van der Waals surface area contributed by atoms with Gasteiger partial charge in [-0.25, -0.2) is 0 Å². The summed E-state index contributed by atoms with van der Waals surface area (Å²) in [5.41, 5.74) is 1.18. The van der Waals surface area contributed by atoms with Crippen LogP contribution in [-0.2, 0) is 0 Å². The van der Waals surface area contributed by atoms with Gasteiger partial charge in [0, 0.05) is 11.8 Å². The van der Waals surface area contributed by atoms with Crippen molar-refractivity contribution in [1.82, 2.24) is 0 Å². The van der Waals surface area contributed by atoms with Crippen molar-refractivity contribution in [2.75, 3.05) is 12.4 Å². The topological polar surface area (TPSA) is 9.23 Å². The number of rotatable bonds is 3. The molecule has 1 aromatic rings. The first-order chi connectivity index (χ1) is 5.36. The van der Waals surface area contributed by atoms with E-state index in [1.807, 2.05) is 24.3 Å². The molecule has 1 nitrogen and oxygen atoms in total. The lowest BCUT2D eigenvalue weighted by molar-refractivity contribution is 0.414. The van der Waals surface area contributed by atoms with Gasteiger partial charge in [-0.05, 0) is 17.7 Å². The molecule has 0 aliphatic heterocycles. The Kier molecular flexibility index (Phi) is 3.43. The van der Waals surface area contributed by atoms with Crippen molar-refractivity contribution in [3.8, 4) is 5.75 Å². The first-order valence-corrected chi connectivity index (χ1v) is 4.52. The van der Waals surface area contributed by atoms with Crippen molar-refractivity contribution >= 4 is 15.9 Å². The highest BCUT2D eigenvalue weighted by atomic mass is 79.9. The first-order valence-electron chi connectivity index (χ1n) is 3.40. The highest BCUT2D eigenvalue weighted by molar-refractivity contribution is 9.09. The number of benzene rings is 1. The SMILES string of the molecule is COc1cccc([CH]CBr)c1. The minimum atomic E-state index is 0.875. The van der Waals surface area contributed by atoms with Crippen LogP contribution in [0.5, 0.6) is 5.75 Å². The molecule has 0 aliphatic rings. The van der Waals surface area contributed by atoms with Crippen LogP contribution in [0.25, 0.3) is 0 Å².